The molecule has 0 spiro atoms. The second-order valence-corrected chi connectivity index (χ2v) is 6.28. The minimum Gasteiger partial charge on any atom is -0.494 e. The summed E-state index contributed by atoms with van der Waals surface area (Å²) in [6, 6.07) is 4.97. The quantitative estimate of drug-likeness (QED) is 0.618. The Morgan fingerprint density at radius 2 is 2.25 bits per heavy atom. The van der Waals surface area contributed by atoms with E-state index >= 15 is 0 Å². The Bertz CT molecular complexity index is 565. The maximum atomic E-state index is 13.8. The highest BCUT2D eigenvalue weighted by Gasteiger charge is 2.25. The molecule has 1 aromatic carbocycles. The van der Waals surface area contributed by atoms with Gasteiger partial charge in [0, 0.05) is 32.6 Å². The van der Waals surface area contributed by atoms with E-state index in [2.05, 4.69) is 10.3 Å². The van der Waals surface area contributed by atoms with Crippen LogP contribution >= 0.6 is 0 Å². The van der Waals surface area contributed by atoms with E-state index in [4.69, 9.17) is 4.74 Å². The minimum atomic E-state index is -0.362. The number of rotatable bonds is 6. The molecule has 0 aliphatic heterocycles. The van der Waals surface area contributed by atoms with Crippen molar-refractivity contribution in [2.45, 2.75) is 38.8 Å². The smallest absolute Gasteiger partial charge is 0.193 e. The van der Waals surface area contributed by atoms with Crippen LogP contribution in [0.1, 0.15) is 31.7 Å². The Labute approximate surface area is 143 Å². The molecule has 1 aliphatic rings. The van der Waals surface area contributed by atoms with Crippen molar-refractivity contribution in [3.05, 3.63) is 29.6 Å². The molecule has 0 radical (unpaired) electrons. The molecule has 1 aromatic rings. The number of methoxy groups -OCH3 is 1. The predicted molar refractivity (Wildman–Crippen MR) is 93.7 cm³/mol. The van der Waals surface area contributed by atoms with Crippen molar-refractivity contribution in [2.24, 2.45) is 10.9 Å². The van der Waals surface area contributed by atoms with Crippen LogP contribution in [0, 0.1) is 11.7 Å². The largest absolute Gasteiger partial charge is 0.494 e. The second-order valence-electron chi connectivity index (χ2n) is 6.28. The van der Waals surface area contributed by atoms with Crippen molar-refractivity contribution in [3.63, 3.8) is 0 Å². The van der Waals surface area contributed by atoms with Gasteiger partial charge in [0.05, 0.1) is 13.2 Å². The molecule has 1 saturated carbocycles. The van der Waals surface area contributed by atoms with Crippen LogP contribution in [0.5, 0.6) is 5.75 Å². The lowest BCUT2D eigenvalue weighted by Gasteiger charge is -2.23. The van der Waals surface area contributed by atoms with Crippen molar-refractivity contribution in [3.8, 4) is 5.75 Å². The van der Waals surface area contributed by atoms with Gasteiger partial charge in [0.15, 0.2) is 17.5 Å². The summed E-state index contributed by atoms with van der Waals surface area (Å²) in [6.45, 7) is 3.93. The molecule has 2 N–H and O–H groups in total. The Balaban J connectivity index is 2.02. The molecular formula is C18H28FN3O2. The van der Waals surface area contributed by atoms with Gasteiger partial charge in [-0.1, -0.05) is 12.5 Å². The molecule has 2 atom stereocenters. The fraction of sp³-hybridized carbons (Fsp3) is 0.611. The number of halogens is 1. The number of nitrogens with zero attached hydrogens (tertiary/aromatic N) is 2. The molecule has 24 heavy (non-hydrogen) atoms. The average molecular weight is 337 g/mol. The van der Waals surface area contributed by atoms with Crippen molar-refractivity contribution in [1.29, 1.82) is 0 Å². The standard InChI is InChI=1S/C18H28FN3O2/c1-4-20-18(21-11-14-6-5-7-16(14)23)22(2)12-13-8-9-17(24-3)15(19)10-13/h8-10,14,16,23H,4-7,11-12H2,1-3H3,(H,20,21). The highest BCUT2D eigenvalue weighted by molar-refractivity contribution is 5.79. The van der Waals surface area contributed by atoms with E-state index in [1.54, 1.807) is 6.07 Å². The van der Waals surface area contributed by atoms with E-state index in [0.717, 1.165) is 37.3 Å². The summed E-state index contributed by atoms with van der Waals surface area (Å²) in [4.78, 5) is 6.62. The molecule has 2 unspecified atom stereocenters. The zero-order chi connectivity index (χ0) is 17.5. The molecule has 134 valence electrons. The van der Waals surface area contributed by atoms with Gasteiger partial charge in [0.25, 0.3) is 0 Å². The molecule has 5 nitrogen and oxygen atoms in total. The number of ether oxygens (including phenoxy) is 1. The van der Waals surface area contributed by atoms with Crippen LogP contribution in [0.3, 0.4) is 0 Å². The first-order chi connectivity index (χ1) is 11.5. The molecular weight excluding hydrogens is 309 g/mol. The Kier molecular flexibility index (Phi) is 6.85. The van der Waals surface area contributed by atoms with Gasteiger partial charge < -0.3 is 20.1 Å². The number of aliphatic imine (C=N–C) groups is 1. The van der Waals surface area contributed by atoms with Gasteiger partial charge in [-0.2, -0.15) is 0 Å². The number of hydrogen-bond donors (Lipinski definition) is 2. The number of benzene rings is 1. The molecule has 1 aliphatic carbocycles. The molecule has 0 amide bonds. The second kappa shape index (κ2) is 8.87. The predicted octanol–water partition coefficient (Wildman–Crippen LogP) is 2.39. The first-order valence-electron chi connectivity index (χ1n) is 8.55. The zero-order valence-electron chi connectivity index (χ0n) is 14.8. The molecule has 1 fully saturated rings. The zero-order valence-corrected chi connectivity index (χ0v) is 14.8. The Morgan fingerprint density at radius 1 is 1.46 bits per heavy atom. The third-order valence-electron chi connectivity index (χ3n) is 4.43. The molecule has 0 saturated heterocycles. The fourth-order valence-corrected chi connectivity index (χ4v) is 3.06. The van der Waals surface area contributed by atoms with E-state index < -0.39 is 0 Å². The first kappa shape index (κ1) is 18.5. The van der Waals surface area contributed by atoms with Crippen LogP contribution in [0.15, 0.2) is 23.2 Å². The van der Waals surface area contributed by atoms with Crippen LogP contribution < -0.4 is 10.1 Å². The first-order valence-corrected chi connectivity index (χ1v) is 8.55. The maximum absolute atomic E-state index is 13.8. The summed E-state index contributed by atoms with van der Waals surface area (Å²) in [5, 5.41) is 13.2. The number of nitrogens with one attached hydrogen (secondary N) is 1. The van der Waals surface area contributed by atoms with Gasteiger partial charge in [-0.05, 0) is 37.5 Å². The lowest BCUT2D eigenvalue weighted by atomic mass is 10.1. The monoisotopic (exact) mass is 337 g/mol. The fourth-order valence-electron chi connectivity index (χ4n) is 3.06. The third-order valence-corrected chi connectivity index (χ3v) is 4.43. The van der Waals surface area contributed by atoms with Gasteiger partial charge in [0.2, 0.25) is 0 Å². The number of aliphatic hydroxyl groups excluding tert-OH is 1. The van der Waals surface area contributed by atoms with Crippen LogP contribution in [-0.2, 0) is 6.54 Å². The van der Waals surface area contributed by atoms with Crippen LogP contribution in [0.2, 0.25) is 0 Å². The number of aliphatic hydroxyl groups is 1. The van der Waals surface area contributed by atoms with E-state index in [1.807, 2.05) is 24.9 Å². The van der Waals surface area contributed by atoms with E-state index in [1.165, 1.54) is 13.2 Å². The maximum Gasteiger partial charge on any atom is 0.193 e. The molecule has 0 aromatic heterocycles. The lowest BCUT2D eigenvalue weighted by Crippen LogP contribution is -2.39. The number of guanidine groups is 1. The van der Waals surface area contributed by atoms with Gasteiger partial charge >= 0.3 is 0 Å². The van der Waals surface area contributed by atoms with Gasteiger partial charge in [-0.15, -0.1) is 0 Å². The summed E-state index contributed by atoms with van der Waals surface area (Å²) < 4.78 is 18.8. The lowest BCUT2D eigenvalue weighted by molar-refractivity contribution is 0.136. The minimum absolute atomic E-state index is 0.238. The van der Waals surface area contributed by atoms with Gasteiger partial charge in [0.1, 0.15) is 0 Å². The molecule has 6 heteroatoms. The normalized spacial score (nSPS) is 21.0. The topological polar surface area (TPSA) is 57.1 Å². The van der Waals surface area contributed by atoms with Crippen LogP contribution in [-0.4, -0.2) is 49.3 Å². The Hall–Kier alpha value is -1.82. The number of hydrogen-bond acceptors (Lipinski definition) is 3. The summed E-state index contributed by atoms with van der Waals surface area (Å²) in [5.74, 6) is 0.898. The highest BCUT2D eigenvalue weighted by Crippen LogP contribution is 2.25. The molecule has 0 bridgehead atoms. The summed E-state index contributed by atoms with van der Waals surface area (Å²) in [6.07, 6.45) is 2.73. The van der Waals surface area contributed by atoms with Crippen molar-refractivity contribution in [2.75, 3.05) is 27.2 Å². The summed E-state index contributed by atoms with van der Waals surface area (Å²) in [5.41, 5.74) is 0.849. The van der Waals surface area contributed by atoms with E-state index in [-0.39, 0.29) is 23.6 Å². The Morgan fingerprint density at radius 3 is 2.83 bits per heavy atom. The van der Waals surface area contributed by atoms with Crippen molar-refractivity contribution in [1.82, 2.24) is 10.2 Å². The van der Waals surface area contributed by atoms with Crippen molar-refractivity contribution >= 4 is 5.96 Å². The van der Waals surface area contributed by atoms with Crippen LogP contribution in [0.25, 0.3) is 0 Å². The van der Waals surface area contributed by atoms with E-state index in [9.17, 15) is 9.50 Å². The highest BCUT2D eigenvalue weighted by atomic mass is 19.1. The van der Waals surface area contributed by atoms with Gasteiger partial charge in [-0.3, -0.25) is 4.99 Å². The van der Waals surface area contributed by atoms with Gasteiger partial charge in [-0.25, -0.2) is 4.39 Å². The van der Waals surface area contributed by atoms with Crippen LogP contribution in [0.4, 0.5) is 4.39 Å². The SMILES string of the molecule is CCNC(=NCC1CCCC1O)N(C)Cc1ccc(OC)c(F)c1. The van der Waals surface area contributed by atoms with Crippen molar-refractivity contribution < 1.29 is 14.2 Å². The molecule has 0 heterocycles. The average Bonchev–Trinajstić information content (AvgIpc) is 2.96. The third kappa shape index (κ3) is 4.84. The molecule has 2 rings (SSSR count). The summed E-state index contributed by atoms with van der Waals surface area (Å²) in [7, 11) is 3.38. The van der Waals surface area contributed by atoms with E-state index in [0.29, 0.717) is 13.1 Å². The summed E-state index contributed by atoms with van der Waals surface area (Å²) >= 11 is 0.